The molecule has 0 aliphatic rings. The number of nitrogens with one attached hydrogen (secondary N) is 1. The highest BCUT2D eigenvalue weighted by Crippen LogP contribution is 2.31. The molecule has 4 rings (SSSR count). The van der Waals surface area contributed by atoms with Gasteiger partial charge in [-0.25, -0.2) is 12.7 Å². The lowest BCUT2D eigenvalue weighted by atomic mass is 10.2. The number of aromatic nitrogens is 4. The van der Waals surface area contributed by atoms with Crippen molar-refractivity contribution in [1.82, 2.24) is 29.4 Å². The highest BCUT2D eigenvalue weighted by atomic mass is 32.2. The zero-order chi connectivity index (χ0) is 26.6. The van der Waals surface area contributed by atoms with Gasteiger partial charge in [0.1, 0.15) is 6.61 Å². The number of hydrogen-bond acceptors (Lipinski definition) is 9. The molecule has 4 aromatic rings. The summed E-state index contributed by atoms with van der Waals surface area (Å²) in [6.45, 7) is 0.367. The fraction of sp³-hybridized carbons (Fsp3) is 0.250. The summed E-state index contributed by atoms with van der Waals surface area (Å²) in [5, 5.41) is 15.6. The normalized spacial score (nSPS) is 11.5. The average molecular weight is 527 g/mol. The van der Waals surface area contributed by atoms with E-state index in [-0.39, 0.29) is 24.0 Å². The summed E-state index contributed by atoms with van der Waals surface area (Å²) in [6.07, 6.45) is 0. The molecular formula is C24H26N6O6S. The van der Waals surface area contributed by atoms with E-state index in [2.05, 4.69) is 20.6 Å². The van der Waals surface area contributed by atoms with E-state index >= 15 is 0 Å². The van der Waals surface area contributed by atoms with E-state index < -0.39 is 10.0 Å². The molecule has 0 spiro atoms. The summed E-state index contributed by atoms with van der Waals surface area (Å²) in [5.74, 6) is 1.61. The van der Waals surface area contributed by atoms with Crippen LogP contribution >= 0.6 is 0 Å². The third kappa shape index (κ3) is 5.47. The zero-order valence-corrected chi connectivity index (χ0v) is 21.5. The standard InChI is InChI=1S/C24H26N6O6S/c1-29(2)37(32,33)18-8-5-16(6-9-18)24(31)25-13-14-36-22-12-11-21-26-27-23(30(21)28-22)17-7-10-19(34-3)20(15-17)35-4/h5-12,15H,13-14H2,1-4H3,(H,25,31). The Bertz CT molecular complexity index is 1520. The van der Waals surface area contributed by atoms with Crippen LogP contribution in [-0.2, 0) is 10.0 Å². The van der Waals surface area contributed by atoms with Crippen LogP contribution in [0, 0.1) is 0 Å². The van der Waals surface area contributed by atoms with Gasteiger partial charge in [0.2, 0.25) is 15.9 Å². The molecule has 1 N–H and O–H groups in total. The third-order valence-electron chi connectivity index (χ3n) is 5.41. The Kier molecular flexibility index (Phi) is 7.55. The minimum Gasteiger partial charge on any atom is -0.493 e. The predicted molar refractivity (Wildman–Crippen MR) is 134 cm³/mol. The Hall–Kier alpha value is -4.23. The first-order chi connectivity index (χ1) is 17.7. The van der Waals surface area contributed by atoms with E-state index in [1.165, 1.54) is 38.4 Å². The van der Waals surface area contributed by atoms with Crippen LogP contribution in [0.3, 0.4) is 0 Å². The molecule has 0 saturated carbocycles. The second-order valence-corrected chi connectivity index (χ2v) is 10.1. The highest BCUT2D eigenvalue weighted by Gasteiger charge is 2.18. The number of fused-ring (bicyclic) bond motifs is 1. The van der Waals surface area contributed by atoms with Gasteiger partial charge in [0, 0.05) is 31.3 Å². The second-order valence-electron chi connectivity index (χ2n) is 7.95. The third-order valence-corrected chi connectivity index (χ3v) is 7.24. The molecule has 0 unspecified atom stereocenters. The first-order valence-electron chi connectivity index (χ1n) is 11.1. The van der Waals surface area contributed by atoms with Crippen molar-refractivity contribution < 1.29 is 27.4 Å². The number of methoxy groups -OCH3 is 2. The van der Waals surface area contributed by atoms with E-state index in [1.807, 2.05) is 6.07 Å². The van der Waals surface area contributed by atoms with Crippen LogP contribution in [0.15, 0.2) is 59.5 Å². The van der Waals surface area contributed by atoms with E-state index in [4.69, 9.17) is 14.2 Å². The largest absolute Gasteiger partial charge is 0.493 e. The van der Waals surface area contributed by atoms with E-state index in [1.54, 1.807) is 43.0 Å². The molecule has 0 atom stereocenters. The molecule has 13 heteroatoms. The minimum atomic E-state index is -3.56. The second kappa shape index (κ2) is 10.8. The maximum absolute atomic E-state index is 12.4. The number of carbonyl (C=O) groups excluding carboxylic acids is 1. The fourth-order valence-electron chi connectivity index (χ4n) is 3.42. The van der Waals surface area contributed by atoms with Gasteiger partial charge < -0.3 is 19.5 Å². The molecule has 1 amide bonds. The number of nitrogens with zero attached hydrogens (tertiary/aromatic N) is 5. The first-order valence-corrected chi connectivity index (χ1v) is 12.6. The Morgan fingerprint density at radius 1 is 0.973 bits per heavy atom. The van der Waals surface area contributed by atoms with E-state index in [0.717, 1.165) is 9.87 Å². The molecule has 0 saturated heterocycles. The Morgan fingerprint density at radius 2 is 1.70 bits per heavy atom. The number of rotatable bonds is 10. The number of amides is 1. The summed E-state index contributed by atoms with van der Waals surface area (Å²) in [5.41, 5.74) is 1.60. The number of hydrogen-bond donors (Lipinski definition) is 1. The highest BCUT2D eigenvalue weighted by molar-refractivity contribution is 7.89. The molecule has 2 aromatic heterocycles. The van der Waals surface area contributed by atoms with Gasteiger partial charge in [-0.2, -0.15) is 4.52 Å². The molecule has 194 valence electrons. The molecule has 37 heavy (non-hydrogen) atoms. The monoisotopic (exact) mass is 526 g/mol. The Morgan fingerprint density at radius 3 is 2.38 bits per heavy atom. The van der Waals surface area contributed by atoms with Crippen molar-refractivity contribution >= 4 is 21.6 Å². The van der Waals surface area contributed by atoms with E-state index in [9.17, 15) is 13.2 Å². The van der Waals surface area contributed by atoms with Gasteiger partial charge in [0.25, 0.3) is 5.91 Å². The summed E-state index contributed by atoms with van der Waals surface area (Å²) in [6, 6.07) is 14.5. The van der Waals surface area contributed by atoms with Crippen molar-refractivity contribution in [2.75, 3.05) is 41.5 Å². The number of sulfonamides is 1. The molecule has 0 aliphatic carbocycles. The molecule has 0 aliphatic heterocycles. The van der Waals surface area contributed by atoms with Crippen molar-refractivity contribution in [2.24, 2.45) is 0 Å². The molecule has 0 fully saturated rings. The van der Waals surface area contributed by atoms with Crippen molar-refractivity contribution in [2.45, 2.75) is 4.90 Å². The van der Waals surface area contributed by atoms with Crippen LogP contribution in [0.5, 0.6) is 17.4 Å². The SMILES string of the molecule is COc1ccc(-c2nnc3ccc(OCCNC(=O)c4ccc(S(=O)(=O)N(C)C)cc4)nn23)cc1OC. The Labute approximate surface area is 213 Å². The van der Waals surface area contributed by atoms with Crippen LogP contribution in [0.1, 0.15) is 10.4 Å². The van der Waals surface area contributed by atoms with Gasteiger partial charge >= 0.3 is 0 Å². The van der Waals surface area contributed by atoms with Crippen molar-refractivity contribution in [1.29, 1.82) is 0 Å². The smallest absolute Gasteiger partial charge is 0.251 e. The number of benzene rings is 2. The molecule has 2 aromatic carbocycles. The van der Waals surface area contributed by atoms with Crippen molar-refractivity contribution in [3.05, 3.63) is 60.2 Å². The number of carbonyl (C=O) groups is 1. The maximum atomic E-state index is 12.4. The van der Waals surface area contributed by atoms with Crippen LogP contribution < -0.4 is 19.5 Å². The molecular weight excluding hydrogens is 500 g/mol. The lowest BCUT2D eigenvalue weighted by Gasteiger charge is -2.12. The van der Waals surface area contributed by atoms with Crippen molar-refractivity contribution in [3.63, 3.8) is 0 Å². The minimum absolute atomic E-state index is 0.111. The molecule has 2 heterocycles. The molecule has 12 nitrogen and oxygen atoms in total. The van der Waals surface area contributed by atoms with Crippen LogP contribution in [0.4, 0.5) is 0 Å². The molecule has 0 radical (unpaired) electrons. The zero-order valence-electron chi connectivity index (χ0n) is 20.7. The van der Waals surface area contributed by atoms with Crippen LogP contribution in [0.2, 0.25) is 0 Å². The summed E-state index contributed by atoms with van der Waals surface area (Å²) >= 11 is 0. The van der Waals surface area contributed by atoms with Gasteiger partial charge in [-0.3, -0.25) is 4.79 Å². The van der Waals surface area contributed by atoms with Crippen LogP contribution in [-0.4, -0.2) is 79.9 Å². The van der Waals surface area contributed by atoms with Gasteiger partial charge in [0.15, 0.2) is 23.0 Å². The van der Waals surface area contributed by atoms with E-state index in [0.29, 0.717) is 34.4 Å². The maximum Gasteiger partial charge on any atom is 0.251 e. The van der Waals surface area contributed by atoms with Gasteiger partial charge in [-0.05, 0) is 48.5 Å². The summed E-state index contributed by atoms with van der Waals surface area (Å²) in [7, 11) is 2.45. The summed E-state index contributed by atoms with van der Waals surface area (Å²) < 4.78 is 43.3. The lowest BCUT2D eigenvalue weighted by Crippen LogP contribution is -2.28. The first kappa shape index (κ1) is 25.9. The topological polar surface area (TPSA) is 137 Å². The predicted octanol–water partition coefficient (Wildman–Crippen LogP) is 1.87. The fourth-order valence-corrected chi connectivity index (χ4v) is 4.32. The lowest BCUT2D eigenvalue weighted by molar-refractivity contribution is 0.0946. The van der Waals surface area contributed by atoms with Gasteiger partial charge in [-0.1, -0.05) is 0 Å². The van der Waals surface area contributed by atoms with Gasteiger partial charge in [0.05, 0.1) is 25.7 Å². The quantitative estimate of drug-likeness (QED) is 0.307. The number of ether oxygens (including phenoxy) is 3. The van der Waals surface area contributed by atoms with Gasteiger partial charge in [-0.15, -0.1) is 15.3 Å². The molecule has 0 bridgehead atoms. The summed E-state index contributed by atoms with van der Waals surface area (Å²) in [4.78, 5) is 12.5. The van der Waals surface area contributed by atoms with Crippen LogP contribution in [0.25, 0.3) is 17.0 Å². The Balaban J connectivity index is 1.39. The van der Waals surface area contributed by atoms with Crippen molar-refractivity contribution in [3.8, 4) is 28.8 Å². The average Bonchev–Trinajstić information content (AvgIpc) is 3.33.